The number of thioether (sulfide) groups is 1. The molecule has 1 aromatic carbocycles. The SMILES string of the molecule is CCN1C(=O)S/C(=C\c2ccc(OC)cc2OC)C1=O. The Morgan fingerprint density at radius 2 is 2.00 bits per heavy atom. The standard InChI is InChI=1S/C14H15NO4S/c1-4-15-13(16)12(20-14(15)17)7-9-5-6-10(18-2)8-11(9)19-3/h5-8H,4H2,1-3H3/b12-7-. The number of methoxy groups -OCH3 is 2. The minimum absolute atomic E-state index is 0.240. The third-order valence-corrected chi connectivity index (χ3v) is 3.82. The third-order valence-electron chi connectivity index (χ3n) is 2.92. The number of likely N-dealkylation sites (N-methyl/N-ethyl adjacent to an activating group) is 1. The lowest BCUT2D eigenvalue weighted by atomic mass is 10.1. The molecule has 0 aromatic heterocycles. The van der Waals surface area contributed by atoms with Crippen molar-refractivity contribution < 1.29 is 19.1 Å². The Balaban J connectivity index is 2.36. The van der Waals surface area contributed by atoms with Gasteiger partial charge in [0, 0.05) is 18.2 Å². The lowest BCUT2D eigenvalue weighted by Crippen LogP contribution is -2.27. The van der Waals surface area contributed by atoms with Crippen LogP contribution < -0.4 is 9.47 Å². The summed E-state index contributed by atoms with van der Waals surface area (Å²) >= 11 is 0.942. The molecule has 0 unspecified atom stereocenters. The summed E-state index contributed by atoms with van der Waals surface area (Å²) in [5, 5.41) is -0.240. The van der Waals surface area contributed by atoms with Gasteiger partial charge in [-0.05, 0) is 36.9 Å². The number of carbonyl (C=O) groups excluding carboxylic acids is 2. The smallest absolute Gasteiger partial charge is 0.293 e. The van der Waals surface area contributed by atoms with Crippen molar-refractivity contribution in [2.75, 3.05) is 20.8 Å². The van der Waals surface area contributed by atoms with Crippen LogP contribution in [0.1, 0.15) is 12.5 Å². The molecule has 6 heteroatoms. The first kappa shape index (κ1) is 14.5. The molecule has 0 saturated carbocycles. The Morgan fingerprint density at radius 3 is 2.55 bits per heavy atom. The summed E-state index contributed by atoms with van der Waals surface area (Å²) in [6, 6.07) is 5.30. The van der Waals surface area contributed by atoms with Crippen molar-refractivity contribution in [3.05, 3.63) is 28.7 Å². The number of hydrogen-bond acceptors (Lipinski definition) is 5. The molecule has 0 bridgehead atoms. The number of amides is 2. The maximum absolute atomic E-state index is 12.0. The summed E-state index contributed by atoms with van der Waals surface area (Å²) in [6.07, 6.45) is 1.67. The predicted molar refractivity (Wildman–Crippen MR) is 77.9 cm³/mol. The van der Waals surface area contributed by atoms with E-state index in [0.29, 0.717) is 22.9 Å². The fourth-order valence-corrected chi connectivity index (χ4v) is 2.75. The molecule has 0 atom stereocenters. The Hall–Kier alpha value is -1.95. The summed E-state index contributed by atoms with van der Waals surface area (Å²) in [6.45, 7) is 2.15. The van der Waals surface area contributed by atoms with Gasteiger partial charge in [-0.3, -0.25) is 14.5 Å². The van der Waals surface area contributed by atoms with Gasteiger partial charge < -0.3 is 9.47 Å². The van der Waals surface area contributed by atoms with Crippen molar-refractivity contribution in [2.24, 2.45) is 0 Å². The summed E-state index contributed by atoms with van der Waals surface area (Å²) < 4.78 is 10.4. The quantitative estimate of drug-likeness (QED) is 0.799. The number of hydrogen-bond donors (Lipinski definition) is 0. The van der Waals surface area contributed by atoms with Gasteiger partial charge in [-0.1, -0.05) is 0 Å². The molecule has 2 rings (SSSR count). The van der Waals surface area contributed by atoms with Crippen LogP contribution in [0.3, 0.4) is 0 Å². The molecule has 1 fully saturated rings. The van der Waals surface area contributed by atoms with Crippen LogP contribution >= 0.6 is 11.8 Å². The average Bonchev–Trinajstić information content (AvgIpc) is 2.73. The first-order valence-corrected chi connectivity index (χ1v) is 6.89. The van der Waals surface area contributed by atoms with Gasteiger partial charge in [-0.25, -0.2) is 0 Å². The van der Waals surface area contributed by atoms with Gasteiger partial charge in [0.05, 0.1) is 19.1 Å². The topological polar surface area (TPSA) is 55.8 Å². The summed E-state index contributed by atoms with van der Waals surface area (Å²) in [4.78, 5) is 25.3. The maximum Gasteiger partial charge on any atom is 0.293 e. The van der Waals surface area contributed by atoms with E-state index in [-0.39, 0.29) is 11.1 Å². The van der Waals surface area contributed by atoms with E-state index in [0.717, 1.165) is 17.3 Å². The van der Waals surface area contributed by atoms with E-state index in [1.54, 1.807) is 45.4 Å². The molecular weight excluding hydrogens is 278 g/mol. The molecule has 1 heterocycles. The number of rotatable bonds is 4. The molecule has 20 heavy (non-hydrogen) atoms. The van der Waals surface area contributed by atoms with Crippen molar-refractivity contribution in [3.63, 3.8) is 0 Å². The van der Waals surface area contributed by atoms with Crippen molar-refractivity contribution in [3.8, 4) is 11.5 Å². The van der Waals surface area contributed by atoms with E-state index >= 15 is 0 Å². The average molecular weight is 293 g/mol. The number of benzene rings is 1. The van der Waals surface area contributed by atoms with Crippen molar-refractivity contribution >= 4 is 29.0 Å². The number of imide groups is 1. The van der Waals surface area contributed by atoms with E-state index in [9.17, 15) is 9.59 Å². The van der Waals surface area contributed by atoms with Gasteiger partial charge in [-0.15, -0.1) is 0 Å². The van der Waals surface area contributed by atoms with Crippen LogP contribution in [0, 0.1) is 0 Å². The summed E-state index contributed by atoms with van der Waals surface area (Å²) in [5.41, 5.74) is 0.731. The third kappa shape index (κ3) is 2.65. The van der Waals surface area contributed by atoms with Crippen LogP contribution in [0.15, 0.2) is 23.1 Å². The minimum Gasteiger partial charge on any atom is -0.497 e. The van der Waals surface area contributed by atoms with Gasteiger partial charge in [-0.2, -0.15) is 0 Å². The van der Waals surface area contributed by atoms with Gasteiger partial charge in [0.25, 0.3) is 11.1 Å². The highest BCUT2D eigenvalue weighted by atomic mass is 32.2. The molecule has 0 N–H and O–H groups in total. The second-order valence-electron chi connectivity index (χ2n) is 4.03. The lowest BCUT2D eigenvalue weighted by Gasteiger charge is -2.08. The van der Waals surface area contributed by atoms with Crippen LogP contribution in [-0.2, 0) is 4.79 Å². The van der Waals surface area contributed by atoms with Crippen molar-refractivity contribution in [1.29, 1.82) is 0 Å². The summed E-state index contributed by atoms with van der Waals surface area (Å²) in [5.74, 6) is 0.994. The Morgan fingerprint density at radius 1 is 1.25 bits per heavy atom. The molecular formula is C14H15NO4S. The zero-order chi connectivity index (χ0) is 14.7. The molecule has 1 saturated heterocycles. The maximum atomic E-state index is 12.0. The van der Waals surface area contributed by atoms with Gasteiger partial charge in [0.2, 0.25) is 0 Å². The number of ether oxygens (including phenoxy) is 2. The predicted octanol–water partition coefficient (Wildman–Crippen LogP) is 2.76. The highest BCUT2D eigenvalue weighted by Gasteiger charge is 2.33. The largest absolute Gasteiger partial charge is 0.497 e. The van der Waals surface area contributed by atoms with E-state index < -0.39 is 0 Å². The first-order valence-electron chi connectivity index (χ1n) is 6.08. The normalized spacial score (nSPS) is 16.9. The molecule has 0 radical (unpaired) electrons. The second kappa shape index (κ2) is 6.00. The number of carbonyl (C=O) groups is 2. The van der Waals surface area contributed by atoms with Crippen molar-refractivity contribution in [2.45, 2.75) is 6.92 Å². The van der Waals surface area contributed by atoms with Crippen LogP contribution in [0.2, 0.25) is 0 Å². The minimum atomic E-state index is -0.264. The van der Waals surface area contributed by atoms with Gasteiger partial charge in [0.15, 0.2) is 0 Å². The first-order chi connectivity index (χ1) is 9.60. The molecule has 1 aliphatic heterocycles. The highest BCUT2D eigenvalue weighted by Crippen LogP contribution is 2.34. The van der Waals surface area contributed by atoms with E-state index in [1.807, 2.05) is 0 Å². The summed E-state index contributed by atoms with van der Waals surface area (Å²) in [7, 11) is 3.12. The van der Waals surface area contributed by atoms with E-state index in [1.165, 1.54) is 4.90 Å². The molecule has 0 spiro atoms. The number of nitrogens with zero attached hydrogens (tertiary/aromatic N) is 1. The molecule has 1 aromatic rings. The monoisotopic (exact) mass is 293 g/mol. The Bertz CT molecular complexity index is 583. The van der Waals surface area contributed by atoms with Crippen molar-refractivity contribution in [1.82, 2.24) is 4.90 Å². The highest BCUT2D eigenvalue weighted by molar-refractivity contribution is 8.18. The molecule has 106 valence electrons. The van der Waals surface area contributed by atoms with Crippen LogP contribution in [0.25, 0.3) is 6.08 Å². The molecule has 5 nitrogen and oxygen atoms in total. The van der Waals surface area contributed by atoms with Crippen LogP contribution in [-0.4, -0.2) is 36.8 Å². The van der Waals surface area contributed by atoms with Crippen LogP contribution in [0.5, 0.6) is 11.5 Å². The molecule has 2 amide bonds. The van der Waals surface area contributed by atoms with Gasteiger partial charge in [0.1, 0.15) is 11.5 Å². The molecule has 1 aliphatic rings. The fourth-order valence-electron chi connectivity index (χ4n) is 1.85. The lowest BCUT2D eigenvalue weighted by molar-refractivity contribution is -0.122. The van der Waals surface area contributed by atoms with Gasteiger partial charge >= 0.3 is 0 Å². The zero-order valence-electron chi connectivity index (χ0n) is 11.5. The van der Waals surface area contributed by atoms with E-state index in [2.05, 4.69) is 0 Å². The molecule has 0 aliphatic carbocycles. The fraction of sp³-hybridized carbons (Fsp3) is 0.286. The Kier molecular flexibility index (Phi) is 4.34. The second-order valence-corrected chi connectivity index (χ2v) is 5.03. The Labute approximate surface area is 121 Å². The van der Waals surface area contributed by atoms with E-state index in [4.69, 9.17) is 9.47 Å². The van der Waals surface area contributed by atoms with Crippen LogP contribution in [0.4, 0.5) is 4.79 Å². The zero-order valence-corrected chi connectivity index (χ0v) is 12.3.